The van der Waals surface area contributed by atoms with E-state index in [2.05, 4.69) is 22.4 Å². The second-order valence-corrected chi connectivity index (χ2v) is 9.79. The lowest BCUT2D eigenvalue weighted by molar-refractivity contribution is -0.114. The van der Waals surface area contributed by atoms with Crippen molar-refractivity contribution < 1.29 is 23.7 Å². The normalized spacial score (nSPS) is 16.8. The lowest BCUT2D eigenvalue weighted by atomic mass is 9.80. The maximum Gasteiger partial charge on any atom is 0.351 e. The van der Waals surface area contributed by atoms with Gasteiger partial charge in [0.15, 0.2) is 0 Å². The Morgan fingerprint density at radius 3 is 2.02 bits per heavy atom. The van der Waals surface area contributed by atoms with Crippen LogP contribution < -0.4 is 20.5 Å². The van der Waals surface area contributed by atoms with Crippen molar-refractivity contribution in [1.29, 1.82) is 0 Å². The molecule has 1 aliphatic heterocycles. The summed E-state index contributed by atoms with van der Waals surface area (Å²) in [6.45, 7) is 1.64. The Morgan fingerprint density at radius 1 is 0.902 bits per heavy atom. The molecule has 1 N–H and O–H groups in total. The van der Waals surface area contributed by atoms with Crippen LogP contribution in [0.1, 0.15) is 42.7 Å². The van der Waals surface area contributed by atoms with Gasteiger partial charge in [-0.1, -0.05) is 54.6 Å². The number of anilines is 1. The van der Waals surface area contributed by atoms with Gasteiger partial charge in [0, 0.05) is 13.1 Å². The number of carbonyl (C=O) groups excluding carboxylic acids is 1. The van der Waals surface area contributed by atoms with Crippen molar-refractivity contribution in [1.82, 2.24) is 9.55 Å². The zero-order valence-corrected chi connectivity index (χ0v) is 23.3. The van der Waals surface area contributed by atoms with E-state index >= 15 is 0 Å². The fourth-order valence-corrected chi connectivity index (χ4v) is 5.19. The average Bonchev–Trinajstić information content (AvgIpc) is 3.47. The summed E-state index contributed by atoms with van der Waals surface area (Å²) in [5.74, 6) is 1.41. The maximum absolute atomic E-state index is 12.7. The van der Waals surface area contributed by atoms with Crippen LogP contribution in [0.2, 0.25) is 0 Å². The number of nitrogens with zero attached hydrogens (tertiary/aromatic N) is 2. The van der Waals surface area contributed by atoms with Crippen molar-refractivity contribution in [3.05, 3.63) is 118 Å². The number of amides is 1. The fourth-order valence-electron chi connectivity index (χ4n) is 5.19. The molecule has 0 unspecified atom stereocenters. The van der Waals surface area contributed by atoms with Crippen LogP contribution >= 0.6 is 0 Å². The number of carbonyl (C=O) groups is 1. The van der Waals surface area contributed by atoms with Gasteiger partial charge in [-0.15, -0.1) is 0 Å². The first-order chi connectivity index (χ1) is 19.9. The third-order valence-electron chi connectivity index (χ3n) is 7.19. The molecule has 0 saturated carbocycles. The Labute approximate surface area is 238 Å². The van der Waals surface area contributed by atoms with Gasteiger partial charge in [-0.05, 0) is 59.9 Å². The first-order valence-electron chi connectivity index (χ1n) is 13.4. The van der Waals surface area contributed by atoms with E-state index in [0.717, 1.165) is 28.2 Å². The molecule has 1 amide bonds. The van der Waals surface area contributed by atoms with Crippen molar-refractivity contribution in [3.63, 3.8) is 0 Å². The molecule has 1 aromatic heterocycles. The molecule has 0 aliphatic carbocycles. The third kappa shape index (κ3) is 6.01. The second-order valence-electron chi connectivity index (χ2n) is 9.79. The standard InChI is InChI=1S/C32H33N3O6/c1-22(36)33-29-19-20-35(31(37)34-29)30-18-17-28(41-30)21-40-32(23-7-5-4-6-8-23,24-9-13-26(38-2)14-10-24)25-11-15-27(39-3)16-12-25/h4-16,19-20,28,30H,17-18,21H2,1-3H3,(H,33,34,36,37)/t28-,30-/m1/s1. The molecule has 2 heterocycles. The van der Waals surface area contributed by atoms with E-state index in [1.165, 1.54) is 11.5 Å². The summed E-state index contributed by atoms with van der Waals surface area (Å²) >= 11 is 0. The van der Waals surface area contributed by atoms with Gasteiger partial charge in [0.05, 0.1) is 26.9 Å². The number of aromatic nitrogens is 2. The highest BCUT2D eigenvalue weighted by molar-refractivity contribution is 5.87. The maximum atomic E-state index is 12.7. The lowest BCUT2D eigenvalue weighted by Crippen LogP contribution is -2.36. The largest absolute Gasteiger partial charge is 0.497 e. The van der Waals surface area contributed by atoms with Crippen molar-refractivity contribution in [2.75, 3.05) is 26.1 Å². The number of hydrogen-bond acceptors (Lipinski definition) is 7. The fraction of sp³-hybridized carbons (Fsp3) is 0.281. The van der Waals surface area contributed by atoms with Gasteiger partial charge in [-0.25, -0.2) is 4.79 Å². The number of methoxy groups -OCH3 is 2. The van der Waals surface area contributed by atoms with Crippen molar-refractivity contribution in [3.8, 4) is 11.5 Å². The van der Waals surface area contributed by atoms with E-state index in [-0.39, 0.29) is 24.4 Å². The molecule has 1 aliphatic rings. The topological polar surface area (TPSA) is 101 Å². The van der Waals surface area contributed by atoms with Gasteiger partial charge in [-0.3, -0.25) is 9.36 Å². The zero-order chi connectivity index (χ0) is 28.8. The summed E-state index contributed by atoms with van der Waals surface area (Å²) in [5.41, 5.74) is 1.37. The summed E-state index contributed by atoms with van der Waals surface area (Å²) in [6, 6.07) is 27.4. The first-order valence-corrected chi connectivity index (χ1v) is 13.4. The quantitative estimate of drug-likeness (QED) is 0.278. The molecule has 0 spiro atoms. The molecule has 0 radical (unpaired) electrons. The van der Waals surface area contributed by atoms with E-state index in [4.69, 9.17) is 18.9 Å². The third-order valence-corrected chi connectivity index (χ3v) is 7.19. The lowest BCUT2D eigenvalue weighted by Gasteiger charge is -2.37. The van der Waals surface area contributed by atoms with Crippen LogP contribution in [-0.2, 0) is 19.9 Å². The molecule has 41 heavy (non-hydrogen) atoms. The monoisotopic (exact) mass is 555 g/mol. The molecule has 9 nitrogen and oxygen atoms in total. The second kappa shape index (κ2) is 12.4. The van der Waals surface area contributed by atoms with Gasteiger partial charge in [0.2, 0.25) is 5.91 Å². The van der Waals surface area contributed by atoms with Gasteiger partial charge in [0.1, 0.15) is 29.1 Å². The molecule has 3 aromatic carbocycles. The van der Waals surface area contributed by atoms with E-state index in [0.29, 0.717) is 12.8 Å². The SMILES string of the molecule is COc1ccc(C(OC[C@H]2CC[C@H](n3ccc(NC(C)=O)nc3=O)O2)(c2ccccc2)c2ccc(OC)cc2)cc1. The van der Waals surface area contributed by atoms with Crippen LogP contribution in [0, 0.1) is 0 Å². The van der Waals surface area contributed by atoms with Crippen LogP contribution in [0.5, 0.6) is 11.5 Å². The highest BCUT2D eigenvalue weighted by Gasteiger charge is 2.39. The Balaban J connectivity index is 1.46. The molecule has 212 valence electrons. The van der Waals surface area contributed by atoms with Crippen LogP contribution in [0.25, 0.3) is 0 Å². The van der Waals surface area contributed by atoms with E-state index in [1.54, 1.807) is 26.5 Å². The minimum Gasteiger partial charge on any atom is -0.497 e. The Morgan fingerprint density at radius 2 is 1.49 bits per heavy atom. The molecule has 5 rings (SSSR count). The molecule has 4 aromatic rings. The molecule has 1 saturated heterocycles. The molecule has 2 atom stereocenters. The smallest absolute Gasteiger partial charge is 0.351 e. The van der Waals surface area contributed by atoms with Crippen molar-refractivity contribution >= 4 is 11.7 Å². The molecular weight excluding hydrogens is 522 g/mol. The van der Waals surface area contributed by atoms with Gasteiger partial charge in [-0.2, -0.15) is 4.98 Å². The van der Waals surface area contributed by atoms with Gasteiger partial charge in [0.25, 0.3) is 0 Å². The van der Waals surface area contributed by atoms with E-state index in [1.807, 2.05) is 66.7 Å². The molecular formula is C32H33N3O6. The summed E-state index contributed by atoms with van der Waals surface area (Å²) in [5, 5.41) is 2.53. The number of benzene rings is 3. The predicted octanol–water partition coefficient (Wildman–Crippen LogP) is 4.91. The van der Waals surface area contributed by atoms with Crippen LogP contribution in [-0.4, -0.2) is 42.4 Å². The molecule has 0 bridgehead atoms. The average molecular weight is 556 g/mol. The number of nitrogens with one attached hydrogen (secondary N) is 1. The van der Waals surface area contributed by atoms with E-state index < -0.39 is 17.5 Å². The van der Waals surface area contributed by atoms with E-state index in [9.17, 15) is 9.59 Å². The van der Waals surface area contributed by atoms with Crippen molar-refractivity contribution in [2.45, 2.75) is 37.7 Å². The minimum absolute atomic E-state index is 0.211. The van der Waals surface area contributed by atoms with Crippen LogP contribution in [0.3, 0.4) is 0 Å². The minimum atomic E-state index is -0.959. The summed E-state index contributed by atoms with van der Waals surface area (Å²) in [7, 11) is 3.28. The number of rotatable bonds is 10. The highest BCUT2D eigenvalue weighted by Crippen LogP contribution is 2.42. The Kier molecular flexibility index (Phi) is 8.47. The first kappa shape index (κ1) is 28.1. The summed E-state index contributed by atoms with van der Waals surface area (Å²) in [6.07, 6.45) is 2.17. The summed E-state index contributed by atoms with van der Waals surface area (Å²) in [4.78, 5) is 27.9. The Bertz CT molecular complexity index is 1470. The molecule has 1 fully saturated rings. The zero-order valence-electron chi connectivity index (χ0n) is 23.3. The van der Waals surface area contributed by atoms with Gasteiger partial charge < -0.3 is 24.3 Å². The number of hydrogen-bond donors (Lipinski definition) is 1. The van der Waals surface area contributed by atoms with Crippen LogP contribution in [0.4, 0.5) is 5.82 Å². The Hall–Kier alpha value is -4.47. The van der Waals surface area contributed by atoms with Gasteiger partial charge >= 0.3 is 5.69 Å². The van der Waals surface area contributed by atoms with Crippen molar-refractivity contribution in [2.24, 2.45) is 0 Å². The van der Waals surface area contributed by atoms with Crippen LogP contribution in [0.15, 0.2) is 95.9 Å². The highest BCUT2D eigenvalue weighted by atomic mass is 16.6. The molecule has 9 heteroatoms. The summed E-state index contributed by atoms with van der Waals surface area (Å²) < 4.78 is 25.5. The number of ether oxygens (including phenoxy) is 4. The predicted molar refractivity (Wildman–Crippen MR) is 154 cm³/mol.